The topological polar surface area (TPSA) is 29.9 Å². The second-order valence-electron chi connectivity index (χ2n) is 6.54. The summed E-state index contributed by atoms with van der Waals surface area (Å²) >= 11 is 3.72. The first-order valence-electron chi connectivity index (χ1n) is 8.55. The number of rotatable bonds is 7. The van der Waals surface area contributed by atoms with Crippen LogP contribution >= 0.6 is 15.9 Å². The molecular formula is C17H30BrN3. The third-order valence-electron chi connectivity index (χ3n) is 4.92. The van der Waals surface area contributed by atoms with E-state index in [9.17, 15) is 0 Å². The van der Waals surface area contributed by atoms with Crippen molar-refractivity contribution >= 4 is 15.9 Å². The van der Waals surface area contributed by atoms with Crippen LogP contribution in [0, 0.1) is 11.8 Å². The summed E-state index contributed by atoms with van der Waals surface area (Å²) in [7, 11) is 2.08. The van der Waals surface area contributed by atoms with Gasteiger partial charge in [-0.3, -0.25) is 4.68 Å². The lowest BCUT2D eigenvalue weighted by atomic mass is 9.71. The summed E-state index contributed by atoms with van der Waals surface area (Å²) in [5.41, 5.74) is 1.40. The smallest absolute Gasteiger partial charge is 0.0635 e. The first-order valence-corrected chi connectivity index (χ1v) is 9.34. The Labute approximate surface area is 138 Å². The minimum Gasteiger partial charge on any atom is -0.316 e. The van der Waals surface area contributed by atoms with E-state index < -0.39 is 0 Å². The van der Waals surface area contributed by atoms with E-state index >= 15 is 0 Å². The molecule has 0 bridgehead atoms. The van der Waals surface area contributed by atoms with E-state index in [1.165, 1.54) is 48.7 Å². The van der Waals surface area contributed by atoms with Crippen molar-refractivity contribution in [2.45, 2.75) is 58.3 Å². The average Bonchev–Trinajstić information content (AvgIpc) is 2.80. The second kappa shape index (κ2) is 8.33. The van der Waals surface area contributed by atoms with Gasteiger partial charge >= 0.3 is 0 Å². The van der Waals surface area contributed by atoms with Crippen LogP contribution in [0.25, 0.3) is 0 Å². The molecule has 3 unspecified atom stereocenters. The number of hydrogen-bond acceptors (Lipinski definition) is 2. The second-order valence-corrected chi connectivity index (χ2v) is 7.39. The van der Waals surface area contributed by atoms with Crippen molar-refractivity contribution in [3.05, 3.63) is 16.4 Å². The lowest BCUT2D eigenvalue weighted by Crippen LogP contribution is -2.33. The van der Waals surface area contributed by atoms with Gasteiger partial charge in [-0.05, 0) is 60.1 Å². The molecule has 1 aliphatic rings. The molecule has 1 N–H and O–H groups in total. The predicted molar refractivity (Wildman–Crippen MR) is 92.5 cm³/mol. The van der Waals surface area contributed by atoms with Crippen LogP contribution in [0.2, 0.25) is 0 Å². The Morgan fingerprint density at radius 2 is 2.14 bits per heavy atom. The number of nitrogens with zero attached hydrogens (tertiary/aromatic N) is 2. The van der Waals surface area contributed by atoms with Gasteiger partial charge < -0.3 is 5.32 Å². The van der Waals surface area contributed by atoms with E-state index in [2.05, 4.69) is 51.9 Å². The first-order chi connectivity index (χ1) is 10.2. The van der Waals surface area contributed by atoms with E-state index in [1.54, 1.807) is 0 Å². The Bertz CT molecular complexity index is 410. The largest absolute Gasteiger partial charge is 0.316 e. The lowest BCUT2D eigenvalue weighted by Gasteiger charge is -2.37. The lowest BCUT2D eigenvalue weighted by molar-refractivity contribution is 0.213. The highest BCUT2D eigenvalue weighted by Gasteiger charge is 2.33. The van der Waals surface area contributed by atoms with E-state index in [4.69, 9.17) is 0 Å². The highest BCUT2D eigenvalue weighted by molar-refractivity contribution is 9.10. The predicted octanol–water partition coefficient (Wildman–Crippen LogP) is 4.48. The summed E-state index contributed by atoms with van der Waals surface area (Å²) in [6, 6.07) is 0. The minimum absolute atomic E-state index is 0.640. The van der Waals surface area contributed by atoms with Gasteiger partial charge in [0, 0.05) is 13.0 Å². The number of aromatic nitrogens is 2. The van der Waals surface area contributed by atoms with E-state index in [-0.39, 0.29) is 0 Å². The Hall–Kier alpha value is -0.350. The molecule has 0 radical (unpaired) electrons. The summed E-state index contributed by atoms with van der Waals surface area (Å²) in [6.45, 7) is 6.83. The number of nitrogens with one attached hydrogen (secondary N) is 1. The molecular weight excluding hydrogens is 326 g/mol. The van der Waals surface area contributed by atoms with Crippen LogP contribution in [0.1, 0.15) is 64.0 Å². The maximum absolute atomic E-state index is 4.44. The Morgan fingerprint density at radius 3 is 2.76 bits per heavy atom. The quantitative estimate of drug-likeness (QED) is 0.730. The minimum atomic E-state index is 0.640. The number of aryl methyl sites for hydroxylation is 1. The molecule has 0 amide bonds. The highest BCUT2D eigenvalue weighted by Crippen LogP contribution is 2.43. The molecule has 3 nitrogen and oxygen atoms in total. The monoisotopic (exact) mass is 355 g/mol. The van der Waals surface area contributed by atoms with Gasteiger partial charge in [-0.15, -0.1) is 0 Å². The van der Waals surface area contributed by atoms with Gasteiger partial charge in [0.15, 0.2) is 0 Å². The van der Waals surface area contributed by atoms with Crippen LogP contribution in [0.4, 0.5) is 0 Å². The van der Waals surface area contributed by atoms with Gasteiger partial charge in [0.05, 0.1) is 16.4 Å². The van der Waals surface area contributed by atoms with E-state index in [0.29, 0.717) is 5.92 Å². The van der Waals surface area contributed by atoms with Crippen molar-refractivity contribution < 1.29 is 0 Å². The molecule has 0 aliphatic heterocycles. The highest BCUT2D eigenvalue weighted by atomic mass is 79.9. The first kappa shape index (κ1) is 17.0. The molecule has 1 aliphatic carbocycles. The van der Waals surface area contributed by atoms with Crippen LogP contribution in [-0.4, -0.2) is 22.9 Å². The van der Waals surface area contributed by atoms with Gasteiger partial charge in [0.1, 0.15) is 0 Å². The SMILES string of the molecule is CCCNCC1CCC(CCC)CC1c1c(Br)cnn1C. The van der Waals surface area contributed by atoms with Gasteiger partial charge in [-0.2, -0.15) is 5.10 Å². The Kier molecular flexibility index (Phi) is 6.74. The third kappa shape index (κ3) is 4.32. The molecule has 1 heterocycles. The molecule has 2 rings (SSSR count). The van der Waals surface area contributed by atoms with Crippen molar-refractivity contribution in [2.75, 3.05) is 13.1 Å². The summed E-state index contributed by atoms with van der Waals surface area (Å²) < 4.78 is 3.27. The van der Waals surface area contributed by atoms with Crippen LogP contribution in [0.3, 0.4) is 0 Å². The fourth-order valence-corrected chi connectivity index (χ4v) is 4.51. The number of halogens is 1. The normalized spacial score (nSPS) is 26.2. The Morgan fingerprint density at radius 1 is 1.33 bits per heavy atom. The Balaban J connectivity index is 2.12. The van der Waals surface area contributed by atoms with E-state index in [1.807, 2.05) is 6.20 Å². The summed E-state index contributed by atoms with van der Waals surface area (Å²) in [4.78, 5) is 0. The molecule has 1 saturated carbocycles. The van der Waals surface area contributed by atoms with Crippen LogP contribution < -0.4 is 5.32 Å². The number of hydrogen-bond donors (Lipinski definition) is 1. The molecule has 4 heteroatoms. The van der Waals surface area contributed by atoms with Gasteiger partial charge in [0.2, 0.25) is 0 Å². The van der Waals surface area contributed by atoms with Gasteiger partial charge in [0.25, 0.3) is 0 Å². The van der Waals surface area contributed by atoms with Crippen molar-refractivity contribution in [3.8, 4) is 0 Å². The summed E-state index contributed by atoms with van der Waals surface area (Å²) in [5, 5.41) is 8.08. The molecule has 0 saturated heterocycles. The molecule has 0 spiro atoms. The molecule has 0 aromatic carbocycles. The maximum Gasteiger partial charge on any atom is 0.0635 e. The molecule has 21 heavy (non-hydrogen) atoms. The molecule has 3 atom stereocenters. The standard InChI is InChI=1S/C17H30BrN3/c1-4-6-13-7-8-14(11-19-9-5-2)15(10-13)17-16(18)12-20-21(17)3/h12-15,19H,4-11H2,1-3H3. The average molecular weight is 356 g/mol. The summed E-state index contributed by atoms with van der Waals surface area (Å²) in [6.07, 6.45) is 9.93. The fourth-order valence-electron chi connectivity index (χ4n) is 3.87. The van der Waals surface area contributed by atoms with Gasteiger partial charge in [-0.25, -0.2) is 0 Å². The molecule has 1 aromatic heterocycles. The van der Waals surface area contributed by atoms with Crippen LogP contribution in [-0.2, 0) is 7.05 Å². The van der Waals surface area contributed by atoms with Crippen LogP contribution in [0.5, 0.6) is 0 Å². The van der Waals surface area contributed by atoms with Crippen molar-refractivity contribution in [1.82, 2.24) is 15.1 Å². The zero-order chi connectivity index (χ0) is 15.2. The maximum atomic E-state index is 4.44. The summed E-state index contributed by atoms with van der Waals surface area (Å²) in [5.74, 6) is 2.28. The van der Waals surface area contributed by atoms with Crippen molar-refractivity contribution in [1.29, 1.82) is 0 Å². The fraction of sp³-hybridized carbons (Fsp3) is 0.824. The molecule has 120 valence electrons. The van der Waals surface area contributed by atoms with Crippen molar-refractivity contribution in [3.63, 3.8) is 0 Å². The molecule has 1 aromatic rings. The zero-order valence-electron chi connectivity index (χ0n) is 13.7. The van der Waals surface area contributed by atoms with Crippen molar-refractivity contribution in [2.24, 2.45) is 18.9 Å². The van der Waals surface area contributed by atoms with Gasteiger partial charge in [-0.1, -0.05) is 33.1 Å². The zero-order valence-corrected chi connectivity index (χ0v) is 15.3. The molecule has 1 fully saturated rings. The van der Waals surface area contributed by atoms with E-state index in [0.717, 1.165) is 24.9 Å². The van der Waals surface area contributed by atoms with Crippen LogP contribution in [0.15, 0.2) is 10.7 Å². The third-order valence-corrected chi connectivity index (χ3v) is 5.53.